The highest BCUT2D eigenvalue weighted by Gasteiger charge is 2.30. The van der Waals surface area contributed by atoms with Crippen molar-refractivity contribution in [2.45, 2.75) is 25.3 Å². The Morgan fingerprint density at radius 3 is 2.74 bits per heavy atom. The highest BCUT2D eigenvalue weighted by molar-refractivity contribution is 9.10. The van der Waals surface area contributed by atoms with Gasteiger partial charge in [-0.25, -0.2) is 4.39 Å². The fraction of sp³-hybridized carbons (Fsp3) is 0.462. The van der Waals surface area contributed by atoms with Gasteiger partial charge in [0, 0.05) is 17.1 Å². The third-order valence-corrected chi connectivity index (χ3v) is 4.09. The molecule has 0 unspecified atom stereocenters. The number of nitrogens with zero attached hydrogens (tertiary/aromatic N) is 1. The Bertz CT molecular complexity index is 492. The van der Waals surface area contributed by atoms with Crippen LogP contribution in [0, 0.1) is 5.82 Å². The molecule has 0 aliphatic heterocycles. The van der Waals surface area contributed by atoms with Crippen molar-refractivity contribution in [3.8, 4) is 0 Å². The molecule has 0 aromatic heterocycles. The maximum atomic E-state index is 13.3. The molecule has 1 saturated carbocycles. The molecule has 1 aliphatic carbocycles. The molecule has 2 rings (SSSR count). The molecule has 1 aliphatic rings. The fourth-order valence-electron chi connectivity index (χ4n) is 2.14. The molecule has 1 aromatic carbocycles. The van der Waals surface area contributed by atoms with Crippen molar-refractivity contribution in [1.29, 1.82) is 0 Å². The van der Waals surface area contributed by atoms with E-state index in [0.717, 1.165) is 19.3 Å². The summed E-state index contributed by atoms with van der Waals surface area (Å²) in [6.45, 7) is 0.198. The number of benzene rings is 1. The number of aliphatic hydroxyl groups is 1. The number of hydrogen-bond acceptors (Lipinski definition) is 3. The van der Waals surface area contributed by atoms with E-state index in [1.165, 1.54) is 12.1 Å². The molecular weight excluding hydrogens is 315 g/mol. The minimum absolute atomic E-state index is 0.0518. The van der Waals surface area contributed by atoms with E-state index < -0.39 is 5.82 Å². The predicted molar refractivity (Wildman–Crippen MR) is 74.3 cm³/mol. The number of halogens is 2. The molecule has 0 atom stereocenters. The number of carbonyl (C=O) groups excluding carboxylic acids is 1. The maximum Gasteiger partial charge on any atom is 0.255 e. The molecule has 19 heavy (non-hydrogen) atoms. The van der Waals surface area contributed by atoms with Crippen LogP contribution in [0.2, 0.25) is 0 Å². The molecule has 4 nitrogen and oxygen atoms in total. The van der Waals surface area contributed by atoms with Crippen LogP contribution in [0.3, 0.4) is 0 Å². The van der Waals surface area contributed by atoms with Crippen molar-refractivity contribution in [2.24, 2.45) is 0 Å². The summed E-state index contributed by atoms with van der Waals surface area (Å²) in [5.41, 5.74) is 5.79. The predicted octanol–water partition coefficient (Wildman–Crippen LogP) is 2.16. The van der Waals surface area contributed by atoms with Gasteiger partial charge in [0.05, 0.1) is 17.9 Å². The number of rotatable bonds is 4. The summed E-state index contributed by atoms with van der Waals surface area (Å²) >= 11 is 3.18. The summed E-state index contributed by atoms with van der Waals surface area (Å²) in [5, 5.41) is 9.08. The molecule has 0 saturated heterocycles. The van der Waals surface area contributed by atoms with Crippen LogP contribution >= 0.6 is 15.9 Å². The molecule has 0 radical (unpaired) electrons. The van der Waals surface area contributed by atoms with Crippen LogP contribution in [-0.2, 0) is 0 Å². The monoisotopic (exact) mass is 330 g/mol. The number of anilines is 1. The van der Waals surface area contributed by atoms with E-state index in [4.69, 9.17) is 10.8 Å². The number of hydrogen-bond donors (Lipinski definition) is 2. The Hall–Kier alpha value is -1.14. The number of nitrogen functional groups attached to an aromatic ring is 1. The van der Waals surface area contributed by atoms with E-state index in [1.54, 1.807) is 4.90 Å². The minimum Gasteiger partial charge on any atom is -0.396 e. The Balaban J connectivity index is 2.28. The molecule has 1 fully saturated rings. The summed E-state index contributed by atoms with van der Waals surface area (Å²) in [4.78, 5) is 14.1. The van der Waals surface area contributed by atoms with E-state index in [0.29, 0.717) is 10.0 Å². The molecule has 104 valence electrons. The van der Waals surface area contributed by atoms with Crippen LogP contribution in [0.5, 0.6) is 0 Å². The average molecular weight is 331 g/mol. The zero-order valence-corrected chi connectivity index (χ0v) is 12.0. The van der Waals surface area contributed by atoms with E-state index in [-0.39, 0.29) is 30.8 Å². The highest BCUT2D eigenvalue weighted by atomic mass is 79.9. The van der Waals surface area contributed by atoms with Crippen molar-refractivity contribution in [3.63, 3.8) is 0 Å². The number of carbonyl (C=O) groups is 1. The van der Waals surface area contributed by atoms with E-state index in [9.17, 15) is 9.18 Å². The summed E-state index contributed by atoms with van der Waals surface area (Å²) in [5.74, 6) is -0.780. The lowest BCUT2D eigenvalue weighted by atomic mass is 9.91. The zero-order valence-electron chi connectivity index (χ0n) is 10.4. The molecule has 0 spiro atoms. The van der Waals surface area contributed by atoms with E-state index in [1.807, 2.05) is 0 Å². The first-order valence-electron chi connectivity index (χ1n) is 6.21. The standard InChI is InChI=1S/C13H16BrFN2O2/c14-10-7-11(15)12(16)6-9(10)13(19)17(4-5-18)8-2-1-3-8/h6-8,18H,1-5,16H2. The third kappa shape index (κ3) is 2.90. The van der Waals surface area contributed by atoms with Crippen LogP contribution in [0.25, 0.3) is 0 Å². The lowest BCUT2D eigenvalue weighted by Crippen LogP contribution is -2.45. The SMILES string of the molecule is Nc1cc(C(=O)N(CCO)C2CCC2)c(Br)cc1F. The summed E-state index contributed by atoms with van der Waals surface area (Å²) in [6.07, 6.45) is 2.98. The lowest BCUT2D eigenvalue weighted by Gasteiger charge is -2.37. The van der Waals surface area contributed by atoms with E-state index in [2.05, 4.69) is 15.9 Å². The second-order valence-electron chi connectivity index (χ2n) is 4.66. The van der Waals surface area contributed by atoms with Crippen LogP contribution in [-0.4, -0.2) is 35.1 Å². The third-order valence-electron chi connectivity index (χ3n) is 3.43. The van der Waals surface area contributed by atoms with Gasteiger partial charge in [-0.3, -0.25) is 4.79 Å². The Kier molecular flexibility index (Phi) is 4.42. The number of amides is 1. The van der Waals surface area contributed by atoms with Crippen molar-refractivity contribution in [2.75, 3.05) is 18.9 Å². The van der Waals surface area contributed by atoms with Gasteiger partial charge in [-0.2, -0.15) is 0 Å². The molecular formula is C13H16BrFN2O2. The molecule has 3 N–H and O–H groups in total. The Morgan fingerprint density at radius 1 is 1.53 bits per heavy atom. The minimum atomic E-state index is -0.555. The van der Waals surface area contributed by atoms with Crippen LogP contribution in [0.1, 0.15) is 29.6 Å². The maximum absolute atomic E-state index is 13.3. The first-order chi connectivity index (χ1) is 9.04. The smallest absolute Gasteiger partial charge is 0.255 e. The lowest BCUT2D eigenvalue weighted by molar-refractivity contribution is 0.0525. The van der Waals surface area contributed by atoms with Gasteiger partial charge in [0.2, 0.25) is 0 Å². The Morgan fingerprint density at radius 2 is 2.21 bits per heavy atom. The average Bonchev–Trinajstić information content (AvgIpc) is 2.30. The van der Waals surface area contributed by atoms with Crippen molar-refractivity contribution >= 4 is 27.5 Å². The second kappa shape index (κ2) is 5.88. The first kappa shape index (κ1) is 14.3. The second-order valence-corrected chi connectivity index (χ2v) is 5.51. The summed E-state index contributed by atoms with van der Waals surface area (Å²) in [7, 11) is 0. The van der Waals surface area contributed by atoms with Crippen molar-refractivity contribution in [3.05, 3.63) is 28.0 Å². The Labute approximate surface area is 119 Å². The number of nitrogens with two attached hydrogens (primary N) is 1. The van der Waals surface area contributed by atoms with Gasteiger partial charge in [-0.1, -0.05) is 0 Å². The molecule has 0 bridgehead atoms. The van der Waals surface area contributed by atoms with Crippen molar-refractivity contribution in [1.82, 2.24) is 4.90 Å². The van der Waals surface area contributed by atoms with E-state index >= 15 is 0 Å². The zero-order chi connectivity index (χ0) is 14.0. The van der Waals surface area contributed by atoms with Gasteiger partial charge in [-0.05, 0) is 47.3 Å². The van der Waals surface area contributed by atoms with Crippen LogP contribution in [0.15, 0.2) is 16.6 Å². The van der Waals surface area contributed by atoms with Crippen LogP contribution in [0.4, 0.5) is 10.1 Å². The largest absolute Gasteiger partial charge is 0.396 e. The summed E-state index contributed by atoms with van der Waals surface area (Å²) in [6, 6.07) is 2.70. The van der Waals surface area contributed by atoms with Gasteiger partial charge >= 0.3 is 0 Å². The molecule has 1 amide bonds. The van der Waals surface area contributed by atoms with Gasteiger partial charge in [0.25, 0.3) is 5.91 Å². The van der Waals surface area contributed by atoms with Gasteiger partial charge in [-0.15, -0.1) is 0 Å². The topological polar surface area (TPSA) is 66.6 Å². The molecule has 6 heteroatoms. The van der Waals surface area contributed by atoms with Gasteiger partial charge < -0.3 is 15.7 Å². The van der Waals surface area contributed by atoms with Gasteiger partial charge in [0.1, 0.15) is 5.82 Å². The van der Waals surface area contributed by atoms with Crippen LogP contribution < -0.4 is 5.73 Å². The fourth-order valence-corrected chi connectivity index (χ4v) is 2.63. The highest BCUT2D eigenvalue weighted by Crippen LogP contribution is 2.29. The van der Waals surface area contributed by atoms with Gasteiger partial charge in [0.15, 0.2) is 0 Å². The first-order valence-corrected chi connectivity index (χ1v) is 7.00. The number of aliphatic hydroxyl groups excluding tert-OH is 1. The summed E-state index contributed by atoms with van der Waals surface area (Å²) < 4.78 is 13.7. The quantitative estimate of drug-likeness (QED) is 0.831. The normalized spacial score (nSPS) is 15.1. The molecule has 1 aromatic rings. The molecule has 0 heterocycles. The van der Waals surface area contributed by atoms with Crippen molar-refractivity contribution < 1.29 is 14.3 Å².